The van der Waals surface area contributed by atoms with E-state index < -0.39 is 0 Å². The number of benzene rings is 1. The summed E-state index contributed by atoms with van der Waals surface area (Å²) in [6, 6.07) is 5.51. The van der Waals surface area contributed by atoms with Gasteiger partial charge in [-0.25, -0.2) is 0 Å². The smallest absolute Gasteiger partial charge is 0.124 e. The number of phenols is 2. The third-order valence-corrected chi connectivity index (χ3v) is 4.68. The van der Waals surface area contributed by atoms with Gasteiger partial charge in [-0.15, -0.1) is 0 Å². The molecule has 2 rings (SSSR count). The summed E-state index contributed by atoms with van der Waals surface area (Å²) in [5, 5.41) is 20.0. The number of hydrogen-bond acceptors (Lipinski definition) is 3. The van der Waals surface area contributed by atoms with E-state index in [1.54, 1.807) is 18.2 Å². The molecule has 3 unspecified atom stereocenters. The minimum atomic E-state index is 0.0201. The molecule has 1 aliphatic rings. The Morgan fingerprint density at radius 2 is 1.74 bits per heavy atom. The van der Waals surface area contributed by atoms with Gasteiger partial charge in [0.25, 0.3) is 0 Å². The van der Waals surface area contributed by atoms with Gasteiger partial charge < -0.3 is 10.2 Å². The first-order valence-corrected chi connectivity index (χ1v) is 7.25. The number of rotatable bonds is 3. The molecule has 3 nitrogen and oxygen atoms in total. The lowest BCUT2D eigenvalue weighted by Gasteiger charge is -2.40. The maximum absolute atomic E-state index is 9.99. The SMILES string of the molecule is CC1CCCCC1N(C)C(C)c1c(O)cccc1O. The van der Waals surface area contributed by atoms with Crippen LogP contribution in [0.3, 0.4) is 0 Å². The van der Waals surface area contributed by atoms with Gasteiger partial charge in [0, 0.05) is 12.1 Å². The van der Waals surface area contributed by atoms with Crippen molar-refractivity contribution in [2.75, 3.05) is 7.05 Å². The highest BCUT2D eigenvalue weighted by Crippen LogP contribution is 2.38. The molecule has 1 aliphatic carbocycles. The van der Waals surface area contributed by atoms with E-state index in [1.807, 2.05) is 0 Å². The molecule has 1 aromatic carbocycles. The van der Waals surface area contributed by atoms with Gasteiger partial charge in [-0.3, -0.25) is 4.90 Å². The van der Waals surface area contributed by atoms with E-state index in [0.29, 0.717) is 17.5 Å². The van der Waals surface area contributed by atoms with E-state index in [2.05, 4.69) is 25.8 Å². The van der Waals surface area contributed by atoms with Crippen molar-refractivity contribution in [3.63, 3.8) is 0 Å². The van der Waals surface area contributed by atoms with Crippen LogP contribution < -0.4 is 0 Å². The van der Waals surface area contributed by atoms with Crippen LogP contribution in [-0.2, 0) is 0 Å². The molecule has 1 aromatic rings. The highest BCUT2D eigenvalue weighted by Gasteiger charge is 2.30. The summed E-state index contributed by atoms with van der Waals surface area (Å²) in [6.07, 6.45) is 5.07. The Morgan fingerprint density at radius 1 is 1.16 bits per heavy atom. The molecule has 0 saturated heterocycles. The summed E-state index contributed by atoms with van der Waals surface area (Å²) < 4.78 is 0. The van der Waals surface area contributed by atoms with Gasteiger partial charge in [0.05, 0.1) is 5.56 Å². The Morgan fingerprint density at radius 3 is 2.32 bits per heavy atom. The predicted octanol–water partition coefficient (Wildman–Crippen LogP) is 3.67. The Labute approximate surface area is 115 Å². The fourth-order valence-electron chi connectivity index (χ4n) is 3.36. The van der Waals surface area contributed by atoms with Gasteiger partial charge >= 0.3 is 0 Å². The second-order valence-corrected chi connectivity index (χ2v) is 5.88. The van der Waals surface area contributed by atoms with Crippen LogP contribution in [-0.4, -0.2) is 28.2 Å². The zero-order valence-electron chi connectivity index (χ0n) is 12.1. The molecule has 0 amide bonds. The molecular weight excluding hydrogens is 238 g/mol. The van der Waals surface area contributed by atoms with Crippen LogP contribution in [0, 0.1) is 5.92 Å². The molecule has 0 bridgehead atoms. The normalized spacial score (nSPS) is 25.5. The highest BCUT2D eigenvalue weighted by molar-refractivity contribution is 5.45. The van der Waals surface area contributed by atoms with Crippen molar-refractivity contribution in [3.05, 3.63) is 23.8 Å². The van der Waals surface area contributed by atoms with Gasteiger partial charge in [-0.2, -0.15) is 0 Å². The van der Waals surface area contributed by atoms with Gasteiger partial charge in [0.2, 0.25) is 0 Å². The second kappa shape index (κ2) is 5.83. The summed E-state index contributed by atoms with van der Waals surface area (Å²) in [6.45, 7) is 4.36. The lowest BCUT2D eigenvalue weighted by Crippen LogP contribution is -2.40. The van der Waals surface area contributed by atoms with Crippen LogP contribution >= 0.6 is 0 Å². The standard InChI is InChI=1S/C16H25NO2/c1-11-7-4-5-8-13(11)17(3)12(2)16-14(18)9-6-10-15(16)19/h6,9-13,18-19H,4-5,7-8H2,1-3H3. The molecule has 0 aliphatic heterocycles. The average Bonchev–Trinajstić information content (AvgIpc) is 2.38. The Bertz CT molecular complexity index is 413. The van der Waals surface area contributed by atoms with E-state index in [0.717, 1.165) is 0 Å². The van der Waals surface area contributed by atoms with Crippen molar-refractivity contribution >= 4 is 0 Å². The quantitative estimate of drug-likeness (QED) is 0.874. The number of aromatic hydroxyl groups is 2. The fourth-order valence-corrected chi connectivity index (χ4v) is 3.36. The zero-order chi connectivity index (χ0) is 14.0. The van der Waals surface area contributed by atoms with Crippen LogP contribution in [0.1, 0.15) is 51.1 Å². The third kappa shape index (κ3) is 2.86. The summed E-state index contributed by atoms with van der Waals surface area (Å²) in [4.78, 5) is 2.30. The summed E-state index contributed by atoms with van der Waals surface area (Å²) in [5.74, 6) is 1.04. The zero-order valence-corrected chi connectivity index (χ0v) is 12.1. The molecule has 0 heterocycles. The van der Waals surface area contributed by atoms with Crippen LogP contribution in [0.25, 0.3) is 0 Å². The van der Waals surface area contributed by atoms with Crippen LogP contribution in [0.5, 0.6) is 11.5 Å². The fraction of sp³-hybridized carbons (Fsp3) is 0.625. The van der Waals surface area contributed by atoms with E-state index in [1.165, 1.54) is 25.7 Å². The van der Waals surface area contributed by atoms with Crippen molar-refractivity contribution in [1.82, 2.24) is 4.90 Å². The first-order chi connectivity index (χ1) is 9.02. The topological polar surface area (TPSA) is 43.7 Å². The van der Waals surface area contributed by atoms with Crippen molar-refractivity contribution in [2.45, 2.75) is 51.6 Å². The second-order valence-electron chi connectivity index (χ2n) is 5.88. The maximum Gasteiger partial charge on any atom is 0.124 e. The molecule has 0 spiro atoms. The third-order valence-electron chi connectivity index (χ3n) is 4.68. The monoisotopic (exact) mass is 263 g/mol. The minimum Gasteiger partial charge on any atom is -0.507 e. The first-order valence-electron chi connectivity index (χ1n) is 7.25. The van der Waals surface area contributed by atoms with E-state index in [9.17, 15) is 10.2 Å². The lowest BCUT2D eigenvalue weighted by molar-refractivity contribution is 0.101. The molecule has 0 radical (unpaired) electrons. The van der Waals surface area contributed by atoms with Crippen molar-refractivity contribution < 1.29 is 10.2 Å². The molecule has 1 fully saturated rings. The molecule has 19 heavy (non-hydrogen) atoms. The Kier molecular flexibility index (Phi) is 4.35. The minimum absolute atomic E-state index is 0.0201. The van der Waals surface area contributed by atoms with E-state index in [4.69, 9.17) is 0 Å². The molecule has 3 heteroatoms. The van der Waals surface area contributed by atoms with Gasteiger partial charge in [-0.1, -0.05) is 25.8 Å². The molecular formula is C16H25NO2. The van der Waals surface area contributed by atoms with Crippen molar-refractivity contribution in [2.24, 2.45) is 5.92 Å². The predicted molar refractivity (Wildman–Crippen MR) is 77.4 cm³/mol. The van der Waals surface area contributed by atoms with E-state index >= 15 is 0 Å². The Balaban J connectivity index is 2.20. The molecule has 3 atom stereocenters. The Hall–Kier alpha value is -1.22. The first kappa shape index (κ1) is 14.2. The highest BCUT2D eigenvalue weighted by atomic mass is 16.3. The van der Waals surface area contributed by atoms with Crippen LogP contribution in [0.4, 0.5) is 0 Å². The molecule has 1 saturated carbocycles. The number of nitrogens with zero attached hydrogens (tertiary/aromatic N) is 1. The largest absolute Gasteiger partial charge is 0.507 e. The van der Waals surface area contributed by atoms with Gasteiger partial charge in [0.1, 0.15) is 11.5 Å². The maximum atomic E-state index is 9.99. The van der Waals surface area contributed by atoms with E-state index in [-0.39, 0.29) is 17.5 Å². The van der Waals surface area contributed by atoms with Crippen molar-refractivity contribution in [3.8, 4) is 11.5 Å². The summed E-state index contributed by atoms with van der Waals surface area (Å²) in [5.41, 5.74) is 0.641. The van der Waals surface area contributed by atoms with Crippen LogP contribution in [0.15, 0.2) is 18.2 Å². The van der Waals surface area contributed by atoms with Gasteiger partial charge in [0.15, 0.2) is 0 Å². The summed E-state index contributed by atoms with van der Waals surface area (Å²) in [7, 11) is 2.10. The number of hydrogen-bond donors (Lipinski definition) is 2. The summed E-state index contributed by atoms with van der Waals surface area (Å²) >= 11 is 0. The number of phenolic OH excluding ortho intramolecular Hbond substituents is 2. The van der Waals surface area contributed by atoms with Crippen LogP contribution in [0.2, 0.25) is 0 Å². The average molecular weight is 263 g/mol. The molecule has 0 aromatic heterocycles. The van der Waals surface area contributed by atoms with Crippen molar-refractivity contribution in [1.29, 1.82) is 0 Å². The molecule has 106 valence electrons. The lowest BCUT2D eigenvalue weighted by atomic mass is 9.84. The van der Waals surface area contributed by atoms with Gasteiger partial charge in [-0.05, 0) is 44.9 Å². The molecule has 2 N–H and O–H groups in total.